The Morgan fingerprint density at radius 3 is 2.39 bits per heavy atom. The number of allylic oxidation sites excluding steroid dienone is 1. The molecule has 0 saturated carbocycles. The van der Waals surface area contributed by atoms with E-state index in [0.717, 1.165) is 62.3 Å². The van der Waals surface area contributed by atoms with Crippen molar-refractivity contribution >= 4 is 35.7 Å². The number of carbonyl (C=O) groups excluding carboxylic acids is 1. The van der Waals surface area contributed by atoms with Gasteiger partial charge in [0.2, 0.25) is 0 Å². The van der Waals surface area contributed by atoms with Crippen molar-refractivity contribution in [1.82, 2.24) is 20.3 Å². The van der Waals surface area contributed by atoms with Gasteiger partial charge in [0.05, 0.1) is 12.3 Å². The van der Waals surface area contributed by atoms with E-state index in [0.29, 0.717) is 16.8 Å². The number of methoxy groups -OCH3 is 1. The molecule has 3 aromatic rings. The van der Waals surface area contributed by atoms with Crippen LogP contribution in [0.3, 0.4) is 0 Å². The molecule has 214 valence electrons. The van der Waals surface area contributed by atoms with Crippen molar-refractivity contribution in [2.75, 3.05) is 13.7 Å². The van der Waals surface area contributed by atoms with Gasteiger partial charge in [0.15, 0.2) is 12.1 Å². The van der Waals surface area contributed by atoms with E-state index < -0.39 is 12.2 Å². The first-order valence-electron chi connectivity index (χ1n) is 14.2. The van der Waals surface area contributed by atoms with Crippen LogP contribution in [0.4, 0.5) is 0 Å². The molecule has 2 aliphatic heterocycles. The fourth-order valence-corrected chi connectivity index (χ4v) is 6.95. The van der Waals surface area contributed by atoms with Crippen molar-refractivity contribution < 1.29 is 19.7 Å². The predicted molar refractivity (Wildman–Crippen MR) is 161 cm³/mol. The minimum Gasteiger partial charge on any atom is -0.396 e. The molecule has 41 heavy (non-hydrogen) atoms. The molecule has 1 aliphatic carbocycles. The molecule has 0 radical (unpaired) electrons. The number of aliphatic hydroxyl groups is 2. The van der Waals surface area contributed by atoms with E-state index in [1.165, 1.54) is 18.2 Å². The Hall–Kier alpha value is -3.85. The third-order valence-corrected chi connectivity index (χ3v) is 9.41. The van der Waals surface area contributed by atoms with Crippen LogP contribution in [-0.2, 0) is 11.2 Å². The van der Waals surface area contributed by atoms with Gasteiger partial charge in [0.25, 0.3) is 0 Å². The Balaban J connectivity index is 1.75. The molecular weight excluding hydrogens is 516 g/mol. The average Bonchev–Trinajstić information content (AvgIpc) is 3.69. The maximum atomic E-state index is 13.9. The highest BCUT2D eigenvalue weighted by molar-refractivity contribution is 6.15. The number of aromatic amines is 3. The lowest BCUT2D eigenvalue weighted by molar-refractivity contribution is -0.0883. The molecule has 0 spiro atoms. The van der Waals surface area contributed by atoms with E-state index in [4.69, 9.17) is 4.74 Å². The highest BCUT2D eigenvalue weighted by atomic mass is 16.6. The second kappa shape index (κ2) is 9.91. The summed E-state index contributed by atoms with van der Waals surface area (Å²) < 4.78 is 5.31. The number of H-pyrrole nitrogens is 3. The van der Waals surface area contributed by atoms with Gasteiger partial charge in [0.1, 0.15) is 5.92 Å². The summed E-state index contributed by atoms with van der Waals surface area (Å²) in [5, 5.41) is 27.1. The molecule has 1 fully saturated rings. The molecule has 8 heteroatoms. The molecule has 6 rings (SSSR count). The van der Waals surface area contributed by atoms with Crippen LogP contribution in [0.25, 0.3) is 29.9 Å². The number of nitrogens with one attached hydrogen (secondary N) is 4. The predicted octanol–water partition coefficient (Wildman–Crippen LogP) is 3.15. The zero-order chi connectivity index (χ0) is 29.3. The summed E-state index contributed by atoms with van der Waals surface area (Å²) in [5.41, 5.74) is 11.5. The number of carbonyl (C=O) groups is 1. The van der Waals surface area contributed by atoms with E-state index in [1.54, 1.807) is 0 Å². The molecule has 1 saturated heterocycles. The minimum absolute atomic E-state index is 0.0676. The van der Waals surface area contributed by atoms with Crippen LogP contribution >= 0.6 is 0 Å². The van der Waals surface area contributed by atoms with Gasteiger partial charge in [-0.15, -0.1) is 0 Å². The van der Waals surface area contributed by atoms with E-state index in [1.807, 2.05) is 13.0 Å². The molecule has 0 amide bonds. The summed E-state index contributed by atoms with van der Waals surface area (Å²) >= 11 is 0. The van der Waals surface area contributed by atoms with Gasteiger partial charge >= 0.3 is 0 Å². The van der Waals surface area contributed by atoms with E-state index in [2.05, 4.69) is 72.8 Å². The Kier molecular flexibility index (Phi) is 6.60. The number of hydrogen-bond donors (Lipinski definition) is 6. The molecule has 1 unspecified atom stereocenters. The molecule has 8 bridgehead atoms. The number of rotatable bonds is 5. The van der Waals surface area contributed by atoms with Crippen molar-refractivity contribution in [3.8, 4) is 0 Å². The molecule has 8 nitrogen and oxygen atoms in total. The fraction of sp³-hybridized carbons (Fsp3) is 0.364. The monoisotopic (exact) mass is 554 g/mol. The summed E-state index contributed by atoms with van der Waals surface area (Å²) in [4.78, 5) is 24.7. The van der Waals surface area contributed by atoms with Crippen molar-refractivity contribution in [2.45, 2.75) is 47.3 Å². The lowest BCUT2D eigenvalue weighted by Gasteiger charge is -2.22. The summed E-state index contributed by atoms with van der Waals surface area (Å²) in [5.74, 6) is -1.47. The van der Waals surface area contributed by atoms with Crippen molar-refractivity contribution in [3.63, 3.8) is 0 Å². The van der Waals surface area contributed by atoms with Crippen molar-refractivity contribution in [2.24, 2.45) is 17.8 Å². The van der Waals surface area contributed by atoms with Crippen LogP contribution in [0.1, 0.15) is 74.8 Å². The summed E-state index contributed by atoms with van der Waals surface area (Å²) in [6, 6.07) is 0. The fourth-order valence-electron chi connectivity index (χ4n) is 6.95. The second-order valence-electron chi connectivity index (χ2n) is 11.4. The number of Topliss-reactive ketones (excluding diaryl/α,β-unsaturated/α-hetero) is 1. The number of hydrogen-bond acceptors (Lipinski definition) is 5. The molecule has 0 aromatic carbocycles. The van der Waals surface area contributed by atoms with Crippen LogP contribution < -0.4 is 16.0 Å². The molecular formula is C33H38N4O4. The topological polar surface area (TPSA) is 126 Å². The SMILES string of the molecule is C=Cc1c2[nH]c(c1C)/C=C1\N/C(=C3\c4[nH]c(c(C)c4C(=O)[C@@H]3C(O)OC)/C=c3\[nH]/c(c(C)c3CC)=C\2)[C@@H](CO)[C@@H]1C. The van der Waals surface area contributed by atoms with Gasteiger partial charge in [-0.25, -0.2) is 0 Å². The highest BCUT2D eigenvalue weighted by Crippen LogP contribution is 2.47. The number of ether oxygens (including phenoxy) is 1. The lowest BCUT2D eigenvalue weighted by atomic mass is 9.88. The Bertz CT molecular complexity index is 1790. The smallest absolute Gasteiger partial charge is 0.178 e. The molecule has 4 atom stereocenters. The minimum atomic E-state index is -1.33. The normalized spacial score (nSPS) is 26.6. The van der Waals surface area contributed by atoms with Crippen LogP contribution in [-0.4, -0.2) is 51.0 Å². The zero-order valence-electron chi connectivity index (χ0n) is 24.5. The average molecular weight is 555 g/mol. The largest absolute Gasteiger partial charge is 0.396 e. The standard InChI is InChI=1S/C33H38N4O4/c1-8-18-14(3)21-10-23-16(5)20(13-38)30(36-23)28-29(33(40)41-7)32(39)27-17(6)24(37-31(27)28)12-26-19(9-2)15(4)22(35-26)11-25(18)34-21/h8,10-12,16,20,29,33-38,40H,1,9,13H2,2-7H3/b22-11-,23-10-,26-12-,30-28-/t16-,20-,29+,33?/m0/s1. The van der Waals surface area contributed by atoms with Gasteiger partial charge in [-0.1, -0.05) is 26.5 Å². The number of aliphatic hydroxyl groups excluding tert-OH is 2. The van der Waals surface area contributed by atoms with Crippen LogP contribution in [0.5, 0.6) is 0 Å². The molecule has 3 aliphatic rings. The number of ketones is 1. The van der Waals surface area contributed by atoms with Crippen molar-refractivity contribution in [1.29, 1.82) is 0 Å². The maximum absolute atomic E-state index is 13.9. The lowest BCUT2D eigenvalue weighted by Crippen LogP contribution is -2.29. The Morgan fingerprint density at radius 2 is 1.73 bits per heavy atom. The number of fused-ring (bicyclic) bond motifs is 7. The van der Waals surface area contributed by atoms with E-state index in [9.17, 15) is 15.0 Å². The highest BCUT2D eigenvalue weighted by Gasteiger charge is 2.47. The Morgan fingerprint density at radius 1 is 1.02 bits per heavy atom. The molecule has 3 aromatic heterocycles. The summed E-state index contributed by atoms with van der Waals surface area (Å²) in [7, 11) is 1.40. The first-order valence-corrected chi connectivity index (χ1v) is 14.2. The third-order valence-electron chi connectivity index (χ3n) is 9.41. The van der Waals surface area contributed by atoms with Crippen LogP contribution in [0.2, 0.25) is 0 Å². The van der Waals surface area contributed by atoms with Gasteiger partial charge < -0.3 is 35.2 Å². The van der Waals surface area contributed by atoms with Crippen molar-refractivity contribution in [3.05, 3.63) is 84.8 Å². The summed E-state index contributed by atoms with van der Waals surface area (Å²) in [6.07, 6.45) is 7.67. The number of aromatic nitrogens is 3. The third kappa shape index (κ3) is 3.89. The summed E-state index contributed by atoms with van der Waals surface area (Å²) in [6.45, 7) is 14.3. The van der Waals surface area contributed by atoms with E-state index in [-0.39, 0.29) is 24.2 Å². The quantitative estimate of drug-likeness (QED) is 0.270. The second-order valence-corrected chi connectivity index (χ2v) is 11.4. The molecule has 5 heterocycles. The first kappa shape index (κ1) is 27.3. The van der Waals surface area contributed by atoms with Crippen LogP contribution in [0, 0.1) is 38.5 Å². The zero-order valence-corrected chi connectivity index (χ0v) is 24.5. The maximum Gasteiger partial charge on any atom is 0.178 e. The van der Waals surface area contributed by atoms with Crippen LogP contribution in [0.15, 0.2) is 18.0 Å². The Labute approximate surface area is 239 Å². The first-order chi connectivity index (χ1) is 19.6. The van der Waals surface area contributed by atoms with E-state index >= 15 is 0 Å². The van der Waals surface area contributed by atoms with Gasteiger partial charge in [-0.3, -0.25) is 4.79 Å². The van der Waals surface area contributed by atoms with Gasteiger partial charge in [-0.2, -0.15) is 0 Å². The van der Waals surface area contributed by atoms with Gasteiger partial charge in [-0.05, 0) is 67.7 Å². The molecule has 6 N–H and O–H groups in total. The van der Waals surface area contributed by atoms with Gasteiger partial charge in [0, 0.05) is 74.8 Å².